The lowest BCUT2D eigenvalue weighted by molar-refractivity contribution is 0.0528. The smallest absolute Gasteiger partial charge is 0.407 e. The number of amides is 1. The van der Waals surface area contributed by atoms with Gasteiger partial charge in [-0.05, 0) is 27.7 Å². The van der Waals surface area contributed by atoms with E-state index in [9.17, 15) is 4.79 Å². The first-order valence-electron chi connectivity index (χ1n) is 6.30. The molecule has 0 atom stereocenters. The standard InChI is InChI=1S/C13H22N4O2/c1-9-10(7-14)8-16-11(17-9)5-6-15-12(18)19-13(2,3)4/h8H,5-7,14H2,1-4H3,(H,15,18). The highest BCUT2D eigenvalue weighted by molar-refractivity contribution is 5.67. The molecule has 1 aromatic rings. The molecular weight excluding hydrogens is 244 g/mol. The van der Waals surface area contributed by atoms with Gasteiger partial charge in [-0.1, -0.05) is 0 Å². The number of alkyl carbamates (subject to hydrolysis) is 1. The van der Waals surface area contributed by atoms with Gasteiger partial charge >= 0.3 is 6.09 Å². The molecular formula is C13H22N4O2. The zero-order valence-corrected chi connectivity index (χ0v) is 12.0. The van der Waals surface area contributed by atoms with Crippen molar-refractivity contribution in [2.45, 2.75) is 46.3 Å². The number of ether oxygens (including phenoxy) is 1. The topological polar surface area (TPSA) is 90.1 Å². The van der Waals surface area contributed by atoms with Gasteiger partial charge in [-0.3, -0.25) is 0 Å². The Morgan fingerprint density at radius 2 is 2.16 bits per heavy atom. The Labute approximate surface area is 113 Å². The monoisotopic (exact) mass is 266 g/mol. The Bertz CT molecular complexity index is 441. The van der Waals surface area contributed by atoms with Crippen LogP contribution in [0, 0.1) is 6.92 Å². The van der Waals surface area contributed by atoms with E-state index in [0.29, 0.717) is 25.3 Å². The van der Waals surface area contributed by atoms with E-state index in [-0.39, 0.29) is 0 Å². The van der Waals surface area contributed by atoms with Crippen LogP contribution in [0.3, 0.4) is 0 Å². The first kappa shape index (κ1) is 15.4. The first-order chi connectivity index (χ1) is 8.81. The van der Waals surface area contributed by atoms with Gasteiger partial charge in [0.15, 0.2) is 0 Å². The highest BCUT2D eigenvalue weighted by atomic mass is 16.6. The molecule has 0 fully saturated rings. The summed E-state index contributed by atoms with van der Waals surface area (Å²) < 4.78 is 5.13. The Balaban J connectivity index is 2.41. The van der Waals surface area contributed by atoms with E-state index >= 15 is 0 Å². The van der Waals surface area contributed by atoms with Crippen LogP contribution in [0.5, 0.6) is 0 Å². The Hall–Kier alpha value is -1.69. The molecule has 0 aromatic carbocycles. The summed E-state index contributed by atoms with van der Waals surface area (Å²) in [7, 11) is 0. The summed E-state index contributed by atoms with van der Waals surface area (Å²) in [6.07, 6.45) is 1.86. The van der Waals surface area contributed by atoms with Crippen LogP contribution >= 0.6 is 0 Å². The normalized spacial score (nSPS) is 11.2. The SMILES string of the molecule is Cc1nc(CCNC(=O)OC(C)(C)C)ncc1CN. The molecule has 1 rings (SSSR count). The fourth-order valence-electron chi connectivity index (χ4n) is 1.45. The minimum atomic E-state index is -0.486. The summed E-state index contributed by atoms with van der Waals surface area (Å²) in [4.78, 5) is 20.0. The number of nitrogens with zero attached hydrogens (tertiary/aromatic N) is 2. The third-order valence-corrected chi connectivity index (χ3v) is 2.37. The predicted molar refractivity (Wildman–Crippen MR) is 72.6 cm³/mol. The number of hydrogen-bond acceptors (Lipinski definition) is 5. The van der Waals surface area contributed by atoms with Crippen molar-refractivity contribution in [2.75, 3.05) is 6.54 Å². The zero-order valence-electron chi connectivity index (χ0n) is 12.0. The van der Waals surface area contributed by atoms with Crippen LogP contribution in [0.15, 0.2) is 6.20 Å². The number of nitrogens with two attached hydrogens (primary N) is 1. The molecule has 0 radical (unpaired) electrons. The van der Waals surface area contributed by atoms with Gasteiger partial charge in [0.05, 0.1) is 0 Å². The van der Waals surface area contributed by atoms with E-state index in [1.165, 1.54) is 0 Å². The lowest BCUT2D eigenvalue weighted by Crippen LogP contribution is -2.33. The number of carbonyl (C=O) groups is 1. The van der Waals surface area contributed by atoms with E-state index < -0.39 is 11.7 Å². The predicted octanol–water partition coefficient (Wildman–Crippen LogP) is 1.31. The number of nitrogens with one attached hydrogen (secondary N) is 1. The maximum atomic E-state index is 11.4. The van der Waals surface area contributed by atoms with Crippen LogP contribution in [-0.4, -0.2) is 28.2 Å². The van der Waals surface area contributed by atoms with Gasteiger partial charge in [0.2, 0.25) is 0 Å². The van der Waals surface area contributed by atoms with Crippen molar-refractivity contribution in [3.8, 4) is 0 Å². The lowest BCUT2D eigenvalue weighted by atomic mass is 10.2. The second-order valence-corrected chi connectivity index (χ2v) is 5.28. The molecule has 1 aromatic heterocycles. The number of rotatable bonds is 4. The van der Waals surface area contributed by atoms with Crippen molar-refractivity contribution in [1.82, 2.24) is 15.3 Å². The van der Waals surface area contributed by atoms with Gasteiger partial charge < -0.3 is 15.8 Å². The summed E-state index contributed by atoms with van der Waals surface area (Å²) >= 11 is 0. The number of aromatic nitrogens is 2. The minimum absolute atomic E-state index is 0.428. The van der Waals surface area contributed by atoms with Crippen molar-refractivity contribution < 1.29 is 9.53 Å². The second-order valence-electron chi connectivity index (χ2n) is 5.28. The molecule has 1 amide bonds. The average Bonchev–Trinajstić information content (AvgIpc) is 2.26. The van der Waals surface area contributed by atoms with Crippen molar-refractivity contribution in [3.63, 3.8) is 0 Å². The van der Waals surface area contributed by atoms with Gasteiger partial charge in [0.1, 0.15) is 11.4 Å². The molecule has 3 N–H and O–H groups in total. The van der Waals surface area contributed by atoms with Gasteiger partial charge in [-0.25, -0.2) is 14.8 Å². The van der Waals surface area contributed by atoms with Crippen LogP contribution in [0.4, 0.5) is 4.79 Å². The third-order valence-electron chi connectivity index (χ3n) is 2.37. The van der Waals surface area contributed by atoms with E-state index in [1.54, 1.807) is 6.20 Å². The van der Waals surface area contributed by atoms with Gasteiger partial charge in [-0.2, -0.15) is 0 Å². The maximum absolute atomic E-state index is 11.4. The molecule has 0 aliphatic carbocycles. The van der Waals surface area contributed by atoms with Crippen molar-refractivity contribution in [1.29, 1.82) is 0 Å². The molecule has 0 saturated carbocycles. The van der Waals surface area contributed by atoms with Gasteiger partial charge in [0, 0.05) is 37.0 Å². The summed E-state index contributed by atoms with van der Waals surface area (Å²) in [6.45, 7) is 8.24. The highest BCUT2D eigenvalue weighted by Gasteiger charge is 2.15. The number of carbonyl (C=O) groups excluding carboxylic acids is 1. The first-order valence-corrected chi connectivity index (χ1v) is 6.30. The fraction of sp³-hybridized carbons (Fsp3) is 0.615. The zero-order chi connectivity index (χ0) is 14.5. The van der Waals surface area contributed by atoms with Crippen molar-refractivity contribution in [3.05, 3.63) is 23.3 Å². The quantitative estimate of drug-likeness (QED) is 0.857. The molecule has 19 heavy (non-hydrogen) atoms. The summed E-state index contributed by atoms with van der Waals surface area (Å²) in [5, 5.41) is 2.67. The third kappa shape index (κ3) is 5.65. The molecule has 1 heterocycles. The summed E-state index contributed by atoms with van der Waals surface area (Å²) in [5.74, 6) is 0.686. The van der Waals surface area contributed by atoms with Crippen LogP contribution in [-0.2, 0) is 17.7 Å². The van der Waals surface area contributed by atoms with E-state index in [4.69, 9.17) is 10.5 Å². The van der Waals surface area contributed by atoms with Crippen molar-refractivity contribution in [2.24, 2.45) is 5.73 Å². The molecule has 0 unspecified atom stereocenters. The largest absolute Gasteiger partial charge is 0.444 e. The van der Waals surface area contributed by atoms with E-state index in [1.807, 2.05) is 27.7 Å². The van der Waals surface area contributed by atoms with Crippen LogP contribution in [0.2, 0.25) is 0 Å². The highest BCUT2D eigenvalue weighted by Crippen LogP contribution is 2.06. The van der Waals surface area contributed by atoms with E-state index in [2.05, 4.69) is 15.3 Å². The van der Waals surface area contributed by atoms with Gasteiger partial charge in [0.25, 0.3) is 0 Å². The molecule has 0 aliphatic rings. The molecule has 0 bridgehead atoms. The molecule has 6 heteroatoms. The summed E-state index contributed by atoms with van der Waals surface area (Å²) in [6, 6.07) is 0. The average molecular weight is 266 g/mol. The molecule has 106 valence electrons. The molecule has 6 nitrogen and oxygen atoms in total. The lowest BCUT2D eigenvalue weighted by Gasteiger charge is -2.19. The maximum Gasteiger partial charge on any atom is 0.407 e. The molecule has 0 spiro atoms. The van der Waals surface area contributed by atoms with Crippen LogP contribution in [0.1, 0.15) is 37.9 Å². The molecule has 0 saturated heterocycles. The number of aryl methyl sites for hydroxylation is 1. The minimum Gasteiger partial charge on any atom is -0.444 e. The van der Waals surface area contributed by atoms with E-state index in [0.717, 1.165) is 11.3 Å². The summed E-state index contributed by atoms with van der Waals surface area (Å²) in [5.41, 5.74) is 6.87. The fourth-order valence-corrected chi connectivity index (χ4v) is 1.45. The van der Waals surface area contributed by atoms with Gasteiger partial charge in [-0.15, -0.1) is 0 Å². The Kier molecular flexibility index (Phi) is 5.23. The van der Waals surface area contributed by atoms with Crippen LogP contribution < -0.4 is 11.1 Å². The Morgan fingerprint density at radius 3 is 2.68 bits per heavy atom. The molecule has 0 aliphatic heterocycles. The van der Waals surface area contributed by atoms with Crippen LogP contribution in [0.25, 0.3) is 0 Å². The Morgan fingerprint density at radius 1 is 1.47 bits per heavy atom. The number of hydrogen-bond donors (Lipinski definition) is 2. The second kappa shape index (κ2) is 6.47. The van der Waals surface area contributed by atoms with Crippen molar-refractivity contribution >= 4 is 6.09 Å².